The molecule has 0 spiro atoms. The molecular weight excluding hydrogens is 573 g/mol. The number of pyridine rings is 1. The summed E-state index contributed by atoms with van der Waals surface area (Å²) in [6.45, 7) is -0.0588. The molecule has 2 aliphatic heterocycles. The SMILES string of the molecule is CON=C(C(=O)NC1C(=O)N2C(C(=O)O)=C(C[n+]3cccc4c(C(F)(F)F)cccc43)CS[C@@H]12)c1csc(N)n1. The third kappa shape index (κ3) is 4.83. The number of amides is 2. The van der Waals surface area contributed by atoms with Gasteiger partial charge in [-0.2, -0.15) is 17.7 Å². The zero-order valence-corrected chi connectivity index (χ0v) is 22.1. The van der Waals surface area contributed by atoms with Crippen LogP contribution in [0.15, 0.2) is 58.3 Å². The third-order valence-corrected chi connectivity index (χ3v) is 8.30. The van der Waals surface area contributed by atoms with Gasteiger partial charge in [0.2, 0.25) is 5.52 Å². The van der Waals surface area contributed by atoms with Gasteiger partial charge in [-0.1, -0.05) is 11.2 Å². The molecular formula is C24H20F3N6O5S2+. The van der Waals surface area contributed by atoms with Gasteiger partial charge in [0, 0.05) is 28.8 Å². The number of carboxylic acids is 1. The Kier molecular flexibility index (Phi) is 7.14. The number of nitrogens with two attached hydrogens (primary N) is 1. The average molecular weight is 594 g/mol. The number of rotatable bonds is 7. The Morgan fingerprint density at radius 3 is 2.75 bits per heavy atom. The number of nitrogens with one attached hydrogen (secondary N) is 1. The largest absolute Gasteiger partial charge is 0.477 e. The first-order chi connectivity index (χ1) is 19.0. The van der Waals surface area contributed by atoms with Crippen molar-refractivity contribution in [2.24, 2.45) is 5.16 Å². The van der Waals surface area contributed by atoms with E-state index in [-0.39, 0.29) is 45.4 Å². The van der Waals surface area contributed by atoms with Gasteiger partial charge in [0.05, 0.1) is 10.9 Å². The Balaban J connectivity index is 1.41. The molecule has 1 saturated heterocycles. The number of aliphatic carboxylic acids is 1. The number of nitrogen functional groups attached to an aromatic ring is 1. The second-order valence-corrected chi connectivity index (χ2v) is 10.7. The zero-order valence-electron chi connectivity index (χ0n) is 20.5. The number of carbonyl (C=O) groups is 3. The van der Waals surface area contributed by atoms with Crippen LogP contribution in [0.1, 0.15) is 11.3 Å². The molecule has 2 aromatic heterocycles. The summed E-state index contributed by atoms with van der Waals surface area (Å²) in [5.41, 5.74) is 5.09. The fraction of sp³-hybridized carbons (Fsp3) is 0.250. The van der Waals surface area contributed by atoms with E-state index in [1.54, 1.807) is 6.20 Å². The van der Waals surface area contributed by atoms with Crippen LogP contribution >= 0.6 is 23.1 Å². The van der Waals surface area contributed by atoms with Crippen molar-refractivity contribution in [1.29, 1.82) is 0 Å². The molecule has 4 N–H and O–H groups in total. The van der Waals surface area contributed by atoms with Crippen molar-refractivity contribution < 1.29 is 42.1 Å². The Morgan fingerprint density at radius 1 is 1.32 bits per heavy atom. The maximum absolute atomic E-state index is 13.5. The average Bonchev–Trinajstić information content (AvgIpc) is 3.34. The number of β-lactam (4-membered cyclic amide) rings is 1. The highest BCUT2D eigenvalue weighted by Gasteiger charge is 2.55. The first kappa shape index (κ1) is 27.4. The maximum Gasteiger partial charge on any atom is 0.417 e. The number of thiazole rings is 1. The van der Waals surface area contributed by atoms with E-state index in [0.29, 0.717) is 5.57 Å². The van der Waals surface area contributed by atoms with Gasteiger partial charge in [0.25, 0.3) is 11.8 Å². The molecule has 40 heavy (non-hydrogen) atoms. The molecule has 1 unspecified atom stereocenters. The van der Waals surface area contributed by atoms with E-state index in [2.05, 4.69) is 15.5 Å². The topological polar surface area (TPSA) is 151 Å². The fourth-order valence-corrected chi connectivity index (χ4v) is 6.48. The second kappa shape index (κ2) is 10.4. The molecule has 2 amide bonds. The predicted molar refractivity (Wildman–Crippen MR) is 139 cm³/mol. The zero-order chi connectivity index (χ0) is 28.8. The smallest absolute Gasteiger partial charge is 0.417 e. The number of hydrogen-bond acceptors (Lipinski definition) is 9. The highest BCUT2D eigenvalue weighted by Crippen LogP contribution is 2.41. The molecule has 0 radical (unpaired) electrons. The number of carbonyl (C=O) groups excluding carboxylic acids is 2. The molecule has 0 saturated carbocycles. The number of carboxylic acid groups (broad SMARTS) is 1. The lowest BCUT2D eigenvalue weighted by Crippen LogP contribution is -2.71. The summed E-state index contributed by atoms with van der Waals surface area (Å²) in [6, 6.07) is 5.53. The van der Waals surface area contributed by atoms with Crippen molar-refractivity contribution in [2.45, 2.75) is 24.1 Å². The molecule has 2 aliphatic rings. The van der Waals surface area contributed by atoms with Crippen LogP contribution in [0.3, 0.4) is 0 Å². The molecule has 16 heteroatoms. The van der Waals surface area contributed by atoms with Crippen LogP contribution in [0.5, 0.6) is 0 Å². The minimum absolute atomic E-state index is 0.0329. The van der Waals surface area contributed by atoms with Crippen LogP contribution in [0, 0.1) is 0 Å². The number of anilines is 1. The lowest BCUT2D eigenvalue weighted by molar-refractivity contribution is -0.663. The first-order valence-electron chi connectivity index (χ1n) is 11.5. The number of alkyl halides is 3. The minimum Gasteiger partial charge on any atom is -0.477 e. The first-order valence-corrected chi connectivity index (χ1v) is 13.5. The second-order valence-electron chi connectivity index (χ2n) is 8.68. The van der Waals surface area contributed by atoms with Crippen LogP contribution in [-0.4, -0.2) is 62.8 Å². The summed E-state index contributed by atoms with van der Waals surface area (Å²) in [5.74, 6) is -2.62. The van der Waals surface area contributed by atoms with E-state index >= 15 is 0 Å². The van der Waals surface area contributed by atoms with E-state index in [1.165, 1.54) is 53.1 Å². The highest BCUT2D eigenvalue weighted by atomic mass is 32.2. The normalized spacial score (nSPS) is 19.4. The van der Waals surface area contributed by atoms with Crippen LogP contribution in [-0.2, 0) is 31.9 Å². The number of nitrogens with zero attached hydrogens (tertiary/aromatic N) is 4. The standard InChI is InChI=1S/C24H19F3N6O5S2/c1-38-31-16(14-10-40-23(28)29-14)19(34)30-17-20(35)33-18(22(36)37)11(9-39-21(17)33)8-32-7-3-4-12-13(24(25,26)27)5-2-6-15(12)32/h2-7,10,17,21H,8-9H2,1H3,(H3-,28,29,30,34,36,37)/p+1/t17?,21-/m0/s1. The minimum atomic E-state index is -4.57. The number of benzene rings is 1. The summed E-state index contributed by atoms with van der Waals surface area (Å²) in [7, 11) is 1.24. The van der Waals surface area contributed by atoms with E-state index in [4.69, 9.17) is 10.6 Å². The number of aromatic nitrogens is 2. The Labute approximate surface area is 232 Å². The van der Waals surface area contributed by atoms with Crippen molar-refractivity contribution in [1.82, 2.24) is 15.2 Å². The number of halogens is 3. The van der Waals surface area contributed by atoms with Crippen LogP contribution in [0.25, 0.3) is 10.9 Å². The molecule has 3 aromatic rings. The Morgan fingerprint density at radius 2 is 2.10 bits per heavy atom. The van der Waals surface area contributed by atoms with Gasteiger partial charge in [0.1, 0.15) is 29.9 Å². The third-order valence-electron chi connectivity index (χ3n) is 6.29. The van der Waals surface area contributed by atoms with Crippen molar-refractivity contribution in [3.8, 4) is 0 Å². The molecule has 0 bridgehead atoms. The number of thioether (sulfide) groups is 1. The van der Waals surface area contributed by atoms with Crippen molar-refractivity contribution in [3.05, 3.63) is 64.4 Å². The van der Waals surface area contributed by atoms with Gasteiger partial charge in [-0.05, 0) is 12.1 Å². The Bertz CT molecular complexity index is 1610. The van der Waals surface area contributed by atoms with Crippen molar-refractivity contribution in [3.63, 3.8) is 0 Å². The van der Waals surface area contributed by atoms with E-state index < -0.39 is 40.9 Å². The van der Waals surface area contributed by atoms with Crippen molar-refractivity contribution in [2.75, 3.05) is 18.6 Å². The molecule has 208 valence electrons. The van der Waals surface area contributed by atoms with E-state index in [9.17, 15) is 32.7 Å². The summed E-state index contributed by atoms with van der Waals surface area (Å²) in [4.78, 5) is 48.1. The van der Waals surface area contributed by atoms with Crippen molar-refractivity contribution >= 4 is 62.6 Å². The van der Waals surface area contributed by atoms with Gasteiger partial charge < -0.3 is 21.0 Å². The van der Waals surface area contributed by atoms with Gasteiger partial charge in [-0.3, -0.25) is 14.5 Å². The van der Waals surface area contributed by atoms with Gasteiger partial charge in [0.15, 0.2) is 23.6 Å². The number of oxime groups is 1. The van der Waals surface area contributed by atoms with Gasteiger partial charge in [-0.15, -0.1) is 23.1 Å². The van der Waals surface area contributed by atoms with Crippen LogP contribution < -0.4 is 15.6 Å². The van der Waals surface area contributed by atoms with Gasteiger partial charge >= 0.3 is 12.1 Å². The highest BCUT2D eigenvalue weighted by molar-refractivity contribution is 8.00. The fourth-order valence-electron chi connectivity index (χ4n) is 4.60. The summed E-state index contributed by atoms with van der Waals surface area (Å²) in [5, 5.41) is 17.2. The summed E-state index contributed by atoms with van der Waals surface area (Å²) in [6.07, 6.45) is -3.02. The summed E-state index contributed by atoms with van der Waals surface area (Å²) < 4.78 is 42.1. The number of fused-ring (bicyclic) bond motifs is 2. The monoisotopic (exact) mass is 593 g/mol. The Hall–Kier alpha value is -4.18. The van der Waals surface area contributed by atoms with Gasteiger partial charge in [-0.25, -0.2) is 9.78 Å². The lowest BCUT2D eigenvalue weighted by Gasteiger charge is -2.49. The van der Waals surface area contributed by atoms with E-state index in [0.717, 1.165) is 22.3 Å². The molecule has 5 rings (SSSR count). The van der Waals surface area contributed by atoms with Crippen LogP contribution in [0.4, 0.5) is 18.3 Å². The molecule has 1 aromatic carbocycles. The predicted octanol–water partition coefficient (Wildman–Crippen LogP) is 1.97. The molecule has 1 fully saturated rings. The van der Waals surface area contributed by atoms with E-state index in [1.807, 2.05) is 0 Å². The lowest BCUT2D eigenvalue weighted by atomic mass is 10.0. The molecule has 4 heterocycles. The number of hydrogen-bond donors (Lipinski definition) is 3. The molecule has 0 aliphatic carbocycles. The maximum atomic E-state index is 13.5. The van der Waals surface area contributed by atoms with Crippen LogP contribution in [0.2, 0.25) is 0 Å². The molecule has 2 atom stereocenters. The molecule has 11 nitrogen and oxygen atoms in total. The quantitative estimate of drug-likeness (QED) is 0.163. The summed E-state index contributed by atoms with van der Waals surface area (Å²) >= 11 is 2.31.